The predicted molar refractivity (Wildman–Crippen MR) is 116 cm³/mol. The molecule has 5 rings (SSSR count). The number of pyridine rings is 2. The Balaban J connectivity index is 1.14. The fourth-order valence-corrected chi connectivity index (χ4v) is 4.16. The highest BCUT2D eigenvalue weighted by Gasteiger charge is 2.30. The van der Waals surface area contributed by atoms with Crippen molar-refractivity contribution in [3.63, 3.8) is 0 Å². The molecular weight excluding hydrogens is 432 g/mol. The lowest BCUT2D eigenvalue weighted by Crippen LogP contribution is -2.24. The summed E-state index contributed by atoms with van der Waals surface area (Å²) < 4.78 is 28.7. The molecule has 4 heterocycles. The van der Waals surface area contributed by atoms with Crippen molar-refractivity contribution in [2.24, 2.45) is 0 Å². The lowest BCUT2D eigenvalue weighted by Gasteiger charge is -2.17. The molecule has 33 heavy (non-hydrogen) atoms. The van der Waals surface area contributed by atoms with E-state index in [2.05, 4.69) is 35.3 Å². The molecule has 0 bridgehead atoms. The second kappa shape index (κ2) is 8.93. The minimum Gasteiger partial charge on any atom is -0.432 e. The van der Waals surface area contributed by atoms with E-state index in [0.717, 1.165) is 36.3 Å². The number of carbonyl (C=O) groups excluding carboxylic acids is 1. The van der Waals surface area contributed by atoms with E-state index in [4.69, 9.17) is 0 Å². The van der Waals surface area contributed by atoms with Crippen LogP contribution < -0.4 is 20.3 Å². The first-order chi connectivity index (χ1) is 16.0. The van der Waals surface area contributed by atoms with Gasteiger partial charge in [-0.25, -0.2) is 15.0 Å². The molecule has 2 aliphatic rings. The van der Waals surface area contributed by atoms with E-state index >= 15 is 0 Å². The number of fused-ring (bicyclic) bond motifs is 1. The number of hydrogen-bond donors (Lipinski definition) is 2. The molecule has 2 N–H and O–H groups in total. The van der Waals surface area contributed by atoms with Crippen molar-refractivity contribution in [1.82, 2.24) is 19.9 Å². The normalized spacial score (nSPS) is 19.6. The maximum absolute atomic E-state index is 12.6. The number of anilines is 3. The van der Waals surface area contributed by atoms with Crippen LogP contribution in [0.4, 0.5) is 26.2 Å². The van der Waals surface area contributed by atoms with Crippen molar-refractivity contribution < 1.29 is 18.3 Å². The van der Waals surface area contributed by atoms with Gasteiger partial charge in [0.1, 0.15) is 11.5 Å². The van der Waals surface area contributed by atoms with E-state index in [0.29, 0.717) is 18.2 Å². The number of hydrogen-bond acceptors (Lipinski definition) is 8. The van der Waals surface area contributed by atoms with Crippen LogP contribution in [-0.2, 0) is 6.54 Å². The van der Waals surface area contributed by atoms with Gasteiger partial charge in [0.2, 0.25) is 5.95 Å². The van der Waals surface area contributed by atoms with E-state index in [1.54, 1.807) is 17.3 Å². The monoisotopic (exact) mass is 453 g/mol. The number of alkyl halides is 2. The Morgan fingerprint density at radius 1 is 1.00 bits per heavy atom. The average molecular weight is 453 g/mol. The van der Waals surface area contributed by atoms with Gasteiger partial charge < -0.3 is 20.3 Å². The standard InChI is InChI=1S/C22H21F2N7O2/c23-21(24)33-17-10-27-22(28-11-17)30-15-4-3-14(8-15)29-18-6-5-16(9-26-18)31-12-13-2-1-7-25-19(13)20(31)32/h1-2,5-7,9-11,14-15,21H,3-4,8,12H2,(H,26,29)(H,27,28,30)/t14-,15-/m0/s1. The van der Waals surface area contributed by atoms with E-state index in [1.165, 1.54) is 12.4 Å². The van der Waals surface area contributed by atoms with Crippen molar-refractivity contribution in [1.29, 1.82) is 0 Å². The first-order valence-corrected chi connectivity index (χ1v) is 10.6. The van der Waals surface area contributed by atoms with Crippen LogP contribution in [0.15, 0.2) is 49.1 Å². The molecule has 0 unspecified atom stereocenters. The third-order valence-electron chi connectivity index (χ3n) is 5.70. The molecular formula is C22H21F2N7O2. The molecule has 1 aliphatic heterocycles. The van der Waals surface area contributed by atoms with Crippen molar-refractivity contribution in [3.05, 3.63) is 60.3 Å². The van der Waals surface area contributed by atoms with Crippen LogP contribution in [0.5, 0.6) is 5.75 Å². The Labute approximate surface area is 188 Å². The summed E-state index contributed by atoms with van der Waals surface area (Å²) in [5.41, 5.74) is 2.13. The van der Waals surface area contributed by atoms with Crippen molar-refractivity contribution in [3.8, 4) is 5.75 Å². The molecule has 3 aromatic rings. The van der Waals surface area contributed by atoms with Crippen molar-refractivity contribution in [2.45, 2.75) is 44.5 Å². The zero-order valence-electron chi connectivity index (χ0n) is 17.5. The number of rotatable bonds is 7. The summed E-state index contributed by atoms with van der Waals surface area (Å²) in [6, 6.07) is 7.84. The lowest BCUT2D eigenvalue weighted by atomic mass is 10.2. The first-order valence-electron chi connectivity index (χ1n) is 10.6. The predicted octanol–water partition coefficient (Wildman–Crippen LogP) is 3.47. The first kappa shape index (κ1) is 21.0. The largest absolute Gasteiger partial charge is 0.432 e. The van der Waals surface area contributed by atoms with Crippen LogP contribution in [0.1, 0.15) is 35.3 Å². The highest BCUT2D eigenvalue weighted by atomic mass is 19.3. The Morgan fingerprint density at radius 2 is 1.79 bits per heavy atom. The van der Waals surface area contributed by atoms with Crippen molar-refractivity contribution >= 4 is 23.4 Å². The molecule has 9 nitrogen and oxygen atoms in total. The molecule has 0 spiro atoms. The molecule has 0 aromatic carbocycles. The van der Waals surface area contributed by atoms with Crippen LogP contribution in [0.25, 0.3) is 0 Å². The number of aromatic nitrogens is 4. The van der Waals surface area contributed by atoms with Gasteiger partial charge in [0.25, 0.3) is 5.91 Å². The van der Waals surface area contributed by atoms with Gasteiger partial charge in [0.05, 0.1) is 30.8 Å². The third kappa shape index (κ3) is 4.66. The molecule has 1 amide bonds. The van der Waals surface area contributed by atoms with E-state index in [1.807, 2.05) is 24.3 Å². The van der Waals surface area contributed by atoms with Crippen LogP contribution >= 0.6 is 0 Å². The summed E-state index contributed by atoms with van der Waals surface area (Å²) in [4.78, 5) is 30.9. The number of carbonyl (C=O) groups is 1. The highest BCUT2D eigenvalue weighted by molar-refractivity contribution is 6.08. The van der Waals surface area contributed by atoms with E-state index < -0.39 is 6.61 Å². The maximum atomic E-state index is 12.6. The Bertz CT molecular complexity index is 1130. The van der Waals surface area contributed by atoms with Gasteiger partial charge in [0, 0.05) is 23.8 Å². The smallest absolute Gasteiger partial charge is 0.387 e. The van der Waals surface area contributed by atoms with Crippen LogP contribution in [0.3, 0.4) is 0 Å². The van der Waals surface area contributed by atoms with Crippen LogP contribution in [-0.4, -0.2) is 44.5 Å². The fourth-order valence-electron chi connectivity index (χ4n) is 4.16. The summed E-state index contributed by atoms with van der Waals surface area (Å²) in [5, 5.41) is 6.64. The molecule has 1 aliphatic carbocycles. The van der Waals surface area contributed by atoms with Crippen LogP contribution in [0, 0.1) is 0 Å². The molecule has 0 saturated heterocycles. The molecule has 1 fully saturated rings. The average Bonchev–Trinajstić information content (AvgIpc) is 3.39. The summed E-state index contributed by atoms with van der Waals surface area (Å²) in [6.07, 6.45) is 8.41. The lowest BCUT2D eigenvalue weighted by molar-refractivity contribution is -0.0503. The van der Waals surface area contributed by atoms with Gasteiger partial charge >= 0.3 is 6.61 Å². The number of nitrogens with one attached hydrogen (secondary N) is 2. The van der Waals surface area contributed by atoms with Gasteiger partial charge in [0.15, 0.2) is 5.75 Å². The van der Waals surface area contributed by atoms with Gasteiger partial charge in [-0.2, -0.15) is 8.78 Å². The summed E-state index contributed by atoms with van der Waals surface area (Å²) in [7, 11) is 0. The van der Waals surface area contributed by atoms with Crippen LogP contribution in [0.2, 0.25) is 0 Å². The van der Waals surface area contributed by atoms with E-state index in [9.17, 15) is 13.6 Å². The minimum absolute atomic E-state index is 0.0770. The van der Waals surface area contributed by atoms with Gasteiger partial charge in [-0.05, 0) is 37.5 Å². The second-order valence-corrected chi connectivity index (χ2v) is 7.92. The third-order valence-corrected chi connectivity index (χ3v) is 5.70. The number of amides is 1. The number of ether oxygens (including phenoxy) is 1. The Morgan fingerprint density at radius 3 is 2.48 bits per heavy atom. The van der Waals surface area contributed by atoms with Gasteiger partial charge in [-0.15, -0.1) is 0 Å². The summed E-state index contributed by atoms with van der Waals surface area (Å²) in [6.45, 7) is -2.41. The zero-order chi connectivity index (χ0) is 22.8. The zero-order valence-corrected chi connectivity index (χ0v) is 17.5. The van der Waals surface area contributed by atoms with Gasteiger partial charge in [-0.1, -0.05) is 6.07 Å². The minimum atomic E-state index is -2.90. The number of nitrogens with zero attached hydrogens (tertiary/aromatic N) is 5. The second-order valence-electron chi connectivity index (χ2n) is 7.92. The molecule has 3 aromatic heterocycles. The summed E-state index contributed by atoms with van der Waals surface area (Å²) >= 11 is 0. The molecule has 11 heteroatoms. The maximum Gasteiger partial charge on any atom is 0.387 e. The number of halogens is 2. The highest BCUT2D eigenvalue weighted by Crippen LogP contribution is 2.28. The molecule has 1 saturated carbocycles. The SMILES string of the molecule is O=C1c2ncccc2CN1c1ccc(N[C@H]2CC[C@H](Nc3ncc(OC(F)F)cn3)C2)nc1. The molecule has 2 atom stereocenters. The molecule has 0 radical (unpaired) electrons. The Hall–Kier alpha value is -3.89. The van der Waals surface area contributed by atoms with Gasteiger partial charge in [-0.3, -0.25) is 9.78 Å². The summed E-state index contributed by atoms with van der Waals surface area (Å²) in [5.74, 6) is 0.910. The fraction of sp³-hybridized carbons (Fsp3) is 0.318. The Kier molecular flexibility index (Phi) is 5.68. The quantitative estimate of drug-likeness (QED) is 0.560. The topological polar surface area (TPSA) is 105 Å². The molecule has 170 valence electrons. The van der Waals surface area contributed by atoms with E-state index in [-0.39, 0.29) is 23.7 Å². The van der Waals surface area contributed by atoms with Crippen molar-refractivity contribution in [2.75, 3.05) is 15.5 Å².